The van der Waals surface area contributed by atoms with Crippen LogP contribution in [0.15, 0.2) is 87.4 Å². The molecule has 2 aromatic carbocycles. The molecule has 0 amide bonds. The highest BCUT2D eigenvalue weighted by molar-refractivity contribution is 5.78. The number of hydrogen-bond acceptors (Lipinski definition) is 5. The third-order valence-electron chi connectivity index (χ3n) is 4.70. The van der Waals surface area contributed by atoms with Crippen LogP contribution in [0, 0.1) is 17.0 Å². The zero-order valence-electron chi connectivity index (χ0n) is 16.5. The van der Waals surface area contributed by atoms with E-state index in [1.165, 1.54) is 12.1 Å². The van der Waals surface area contributed by atoms with Crippen LogP contribution in [0.2, 0.25) is 0 Å². The fourth-order valence-electron chi connectivity index (χ4n) is 3.09. The van der Waals surface area contributed by atoms with Gasteiger partial charge in [-0.05, 0) is 43.3 Å². The molecule has 0 aliphatic rings. The van der Waals surface area contributed by atoms with E-state index in [-0.39, 0.29) is 5.69 Å². The van der Waals surface area contributed by atoms with Gasteiger partial charge in [0.1, 0.15) is 11.4 Å². The van der Waals surface area contributed by atoms with E-state index in [9.17, 15) is 10.1 Å². The Hall–Kier alpha value is -4.20. The highest BCUT2D eigenvalue weighted by Gasteiger charge is 2.14. The van der Waals surface area contributed by atoms with Gasteiger partial charge in [0.2, 0.25) is 0 Å². The van der Waals surface area contributed by atoms with E-state index in [4.69, 9.17) is 9.41 Å². The zero-order chi connectivity index (χ0) is 21.1. The van der Waals surface area contributed by atoms with Gasteiger partial charge in [0, 0.05) is 19.2 Å². The van der Waals surface area contributed by atoms with E-state index >= 15 is 0 Å². The van der Waals surface area contributed by atoms with Crippen molar-refractivity contribution in [3.05, 3.63) is 100 Å². The Morgan fingerprint density at radius 1 is 1.03 bits per heavy atom. The van der Waals surface area contributed by atoms with E-state index in [0.29, 0.717) is 22.6 Å². The summed E-state index contributed by atoms with van der Waals surface area (Å²) < 4.78 is 9.27. The Morgan fingerprint density at radius 3 is 2.40 bits per heavy atom. The molecule has 8 heteroatoms. The third-order valence-corrected chi connectivity index (χ3v) is 4.70. The number of aromatic nitrogens is 2. The molecule has 0 spiro atoms. The molecule has 0 aliphatic carbocycles. The topological polar surface area (TPSA) is 90.9 Å². The molecule has 0 aliphatic heterocycles. The number of nitro groups is 1. The summed E-state index contributed by atoms with van der Waals surface area (Å²) in [5.74, 6) is 0.630. The molecule has 0 unspecified atom stereocenters. The first-order valence-electron chi connectivity index (χ1n) is 9.25. The first-order valence-corrected chi connectivity index (χ1v) is 9.25. The molecule has 2 aromatic heterocycles. The first-order chi connectivity index (χ1) is 14.5. The lowest BCUT2D eigenvalue weighted by Gasteiger charge is -2.09. The van der Waals surface area contributed by atoms with Crippen LogP contribution in [0.3, 0.4) is 0 Å². The second kappa shape index (κ2) is 8.04. The molecule has 30 heavy (non-hydrogen) atoms. The van der Waals surface area contributed by atoms with Crippen LogP contribution >= 0.6 is 0 Å². The normalized spacial score (nSPS) is 12.0. The number of para-hydroxylation sites is 1. The Labute approximate surface area is 172 Å². The smallest absolute Gasteiger partial charge is 0.269 e. The molecule has 0 saturated heterocycles. The monoisotopic (exact) mass is 401 g/mol. The maximum absolute atomic E-state index is 10.9. The van der Waals surface area contributed by atoms with Crippen molar-refractivity contribution in [2.24, 2.45) is 17.0 Å². The predicted molar refractivity (Wildman–Crippen MR) is 114 cm³/mol. The summed E-state index contributed by atoms with van der Waals surface area (Å²) in [5, 5.41) is 10.9. The zero-order valence-corrected chi connectivity index (χ0v) is 16.5. The number of nitro benzene ring substituents is 1. The molecule has 0 bridgehead atoms. The maximum atomic E-state index is 10.9. The second-order valence-electron chi connectivity index (χ2n) is 6.59. The lowest BCUT2D eigenvalue weighted by atomic mass is 10.3. The van der Waals surface area contributed by atoms with Crippen LogP contribution in [0.1, 0.15) is 11.5 Å². The molecule has 0 atom stereocenters. The van der Waals surface area contributed by atoms with Crippen molar-refractivity contribution >= 4 is 23.3 Å². The van der Waals surface area contributed by atoms with Crippen molar-refractivity contribution in [3.8, 4) is 5.69 Å². The number of aliphatic imine (C=N–C) groups is 1. The maximum Gasteiger partial charge on any atom is 0.269 e. The Morgan fingerprint density at radius 2 is 1.77 bits per heavy atom. The molecule has 0 saturated carbocycles. The molecule has 4 rings (SSSR count). The quantitative estimate of drug-likeness (QED) is 0.278. The molecule has 4 aromatic rings. The molecular formula is C22H19N5O3. The lowest BCUT2D eigenvalue weighted by Crippen LogP contribution is -2.20. The highest BCUT2D eigenvalue weighted by Crippen LogP contribution is 2.21. The summed E-state index contributed by atoms with van der Waals surface area (Å²) in [5.41, 5.74) is 3.72. The Balaban J connectivity index is 1.93. The van der Waals surface area contributed by atoms with Gasteiger partial charge in [-0.1, -0.05) is 18.2 Å². The summed E-state index contributed by atoms with van der Waals surface area (Å²) in [6.45, 7) is 1.96. The van der Waals surface area contributed by atoms with Gasteiger partial charge in [-0.2, -0.15) is 0 Å². The van der Waals surface area contributed by atoms with Gasteiger partial charge in [-0.15, -0.1) is 0 Å². The number of hydrogen-bond donors (Lipinski definition) is 0. The van der Waals surface area contributed by atoms with Crippen LogP contribution in [-0.4, -0.2) is 20.5 Å². The first kappa shape index (κ1) is 19.1. The molecule has 8 nitrogen and oxygen atoms in total. The molecule has 2 heterocycles. The van der Waals surface area contributed by atoms with Crippen molar-refractivity contribution in [2.45, 2.75) is 6.92 Å². The van der Waals surface area contributed by atoms with Crippen LogP contribution < -0.4 is 5.49 Å². The van der Waals surface area contributed by atoms with E-state index < -0.39 is 4.92 Å². The summed E-state index contributed by atoms with van der Waals surface area (Å²) in [7, 11) is 1.93. The van der Waals surface area contributed by atoms with Crippen LogP contribution in [-0.2, 0) is 7.05 Å². The van der Waals surface area contributed by atoms with Gasteiger partial charge in [0.05, 0.1) is 34.5 Å². The molecule has 0 N–H and O–H groups in total. The van der Waals surface area contributed by atoms with Crippen molar-refractivity contribution in [3.63, 3.8) is 0 Å². The Kier molecular flexibility index (Phi) is 5.13. The molecule has 0 fully saturated rings. The van der Waals surface area contributed by atoms with E-state index in [0.717, 1.165) is 11.4 Å². The summed E-state index contributed by atoms with van der Waals surface area (Å²) >= 11 is 0. The lowest BCUT2D eigenvalue weighted by molar-refractivity contribution is -0.384. The van der Waals surface area contributed by atoms with E-state index in [1.807, 2.05) is 59.7 Å². The van der Waals surface area contributed by atoms with Crippen molar-refractivity contribution in [2.75, 3.05) is 0 Å². The largest absolute Gasteiger partial charge is 0.463 e. The standard InChI is InChI=1S/C22H19N5O3/c1-16-21(23-15-20-9-6-14-30-20)22(24-17-10-12-19(13-11-17)27(28)29)26(25(16)2)18-7-4-3-5-8-18/h3-15H,1-2H3. The van der Waals surface area contributed by atoms with Crippen molar-refractivity contribution < 1.29 is 9.34 Å². The minimum atomic E-state index is -0.431. The fourth-order valence-corrected chi connectivity index (χ4v) is 3.09. The average Bonchev–Trinajstić information content (AvgIpc) is 3.35. The number of non-ortho nitro benzene ring substituents is 1. The van der Waals surface area contributed by atoms with Gasteiger partial charge in [0.15, 0.2) is 5.49 Å². The minimum Gasteiger partial charge on any atom is -0.463 e. The number of furan rings is 1. The van der Waals surface area contributed by atoms with Crippen molar-refractivity contribution in [1.82, 2.24) is 9.36 Å². The van der Waals surface area contributed by atoms with Crippen LogP contribution in [0.4, 0.5) is 17.1 Å². The molecule has 150 valence electrons. The molecular weight excluding hydrogens is 382 g/mol. The van der Waals surface area contributed by atoms with E-state index in [1.54, 1.807) is 30.7 Å². The second-order valence-corrected chi connectivity index (χ2v) is 6.59. The minimum absolute atomic E-state index is 0.0187. The Bertz CT molecular complexity index is 1270. The van der Waals surface area contributed by atoms with Crippen LogP contribution in [0.5, 0.6) is 0 Å². The third kappa shape index (κ3) is 3.70. The van der Waals surface area contributed by atoms with Crippen molar-refractivity contribution in [1.29, 1.82) is 0 Å². The van der Waals surface area contributed by atoms with Gasteiger partial charge < -0.3 is 4.42 Å². The fraction of sp³-hybridized carbons (Fsp3) is 0.0909. The molecule has 0 radical (unpaired) electrons. The van der Waals surface area contributed by atoms with Crippen LogP contribution in [0.25, 0.3) is 5.69 Å². The summed E-state index contributed by atoms with van der Waals surface area (Å²) in [6.07, 6.45) is 3.23. The summed E-state index contributed by atoms with van der Waals surface area (Å²) in [6, 6.07) is 19.5. The van der Waals surface area contributed by atoms with E-state index in [2.05, 4.69) is 4.99 Å². The van der Waals surface area contributed by atoms with Gasteiger partial charge in [-0.3, -0.25) is 14.8 Å². The highest BCUT2D eigenvalue weighted by atomic mass is 16.6. The predicted octanol–water partition coefficient (Wildman–Crippen LogP) is 4.61. The van der Waals surface area contributed by atoms with Gasteiger partial charge >= 0.3 is 0 Å². The SMILES string of the molecule is Cc1c(N=Cc2ccco2)c(=Nc2ccc([N+](=O)[O-])cc2)n(-c2ccccc2)n1C. The number of benzene rings is 2. The van der Waals surface area contributed by atoms with Gasteiger partial charge in [-0.25, -0.2) is 14.7 Å². The average molecular weight is 401 g/mol. The number of rotatable bonds is 5. The van der Waals surface area contributed by atoms with Gasteiger partial charge in [0.25, 0.3) is 5.69 Å². The summed E-state index contributed by atoms with van der Waals surface area (Å²) in [4.78, 5) is 19.9. The number of nitrogens with zero attached hydrogens (tertiary/aromatic N) is 5.